The van der Waals surface area contributed by atoms with Crippen molar-refractivity contribution in [3.8, 4) is 5.75 Å². The molecule has 2 aromatic rings. The number of aliphatic carboxylic acids is 1. The van der Waals surface area contributed by atoms with Gasteiger partial charge in [0.05, 0.1) is 0 Å². The van der Waals surface area contributed by atoms with Gasteiger partial charge in [0.15, 0.2) is 6.61 Å². The van der Waals surface area contributed by atoms with Crippen molar-refractivity contribution < 1.29 is 23.8 Å². The first-order valence-corrected chi connectivity index (χ1v) is 7.89. The zero-order valence-electron chi connectivity index (χ0n) is 13.9. The fourth-order valence-corrected chi connectivity index (χ4v) is 2.37. The molecule has 1 unspecified atom stereocenters. The van der Waals surface area contributed by atoms with E-state index in [4.69, 9.17) is 9.84 Å². The van der Waals surface area contributed by atoms with Crippen molar-refractivity contribution >= 4 is 11.9 Å². The average molecular weight is 345 g/mol. The Morgan fingerprint density at radius 1 is 1.20 bits per heavy atom. The third-order valence-corrected chi connectivity index (χ3v) is 3.66. The maximum Gasteiger partial charge on any atom is 0.341 e. The molecule has 5 nitrogen and oxygen atoms in total. The lowest BCUT2D eigenvalue weighted by molar-refractivity contribution is -0.139. The van der Waals surface area contributed by atoms with Gasteiger partial charge in [-0.05, 0) is 41.3 Å². The van der Waals surface area contributed by atoms with Gasteiger partial charge in [-0.2, -0.15) is 0 Å². The molecule has 2 aromatic carbocycles. The average Bonchev–Trinajstić information content (AvgIpc) is 2.58. The van der Waals surface area contributed by atoms with Crippen LogP contribution in [-0.4, -0.2) is 23.6 Å². The summed E-state index contributed by atoms with van der Waals surface area (Å²) in [5.41, 5.74) is 1.58. The van der Waals surface area contributed by atoms with Crippen LogP contribution in [0.1, 0.15) is 30.4 Å². The van der Waals surface area contributed by atoms with Crippen molar-refractivity contribution in [2.24, 2.45) is 0 Å². The molecule has 0 heterocycles. The summed E-state index contributed by atoms with van der Waals surface area (Å²) in [4.78, 5) is 22.6. The van der Waals surface area contributed by atoms with E-state index in [2.05, 4.69) is 5.32 Å². The summed E-state index contributed by atoms with van der Waals surface area (Å²) in [6, 6.07) is 13.1. The molecule has 0 bridgehead atoms. The molecule has 6 heteroatoms. The molecule has 0 radical (unpaired) electrons. The van der Waals surface area contributed by atoms with E-state index in [-0.39, 0.29) is 24.1 Å². The molecule has 0 aliphatic carbocycles. The molecule has 2 rings (SSSR count). The quantitative estimate of drug-likeness (QED) is 0.771. The van der Waals surface area contributed by atoms with Crippen molar-refractivity contribution in [3.63, 3.8) is 0 Å². The Kier molecular flexibility index (Phi) is 6.51. The van der Waals surface area contributed by atoms with Crippen LogP contribution in [0.4, 0.5) is 4.39 Å². The molecule has 1 atom stereocenters. The van der Waals surface area contributed by atoms with Gasteiger partial charge in [-0.25, -0.2) is 9.18 Å². The number of hydrogen-bond donors (Lipinski definition) is 2. The number of halogens is 1. The number of nitrogens with one attached hydrogen (secondary N) is 1. The Bertz CT molecular complexity index is 748. The van der Waals surface area contributed by atoms with E-state index in [0.717, 1.165) is 11.1 Å². The molecular weight excluding hydrogens is 325 g/mol. The highest BCUT2D eigenvalue weighted by atomic mass is 19.1. The third-order valence-electron chi connectivity index (χ3n) is 3.66. The van der Waals surface area contributed by atoms with Crippen LogP contribution < -0.4 is 10.1 Å². The summed E-state index contributed by atoms with van der Waals surface area (Å²) >= 11 is 0. The highest BCUT2D eigenvalue weighted by Gasteiger charge is 2.12. The van der Waals surface area contributed by atoms with Gasteiger partial charge in [-0.15, -0.1) is 0 Å². The largest absolute Gasteiger partial charge is 0.482 e. The van der Waals surface area contributed by atoms with Gasteiger partial charge in [0.25, 0.3) is 0 Å². The van der Waals surface area contributed by atoms with Crippen LogP contribution in [0.5, 0.6) is 5.75 Å². The first kappa shape index (κ1) is 18.4. The van der Waals surface area contributed by atoms with Crippen LogP contribution in [0.3, 0.4) is 0 Å². The lowest BCUT2D eigenvalue weighted by atomic mass is 9.97. The van der Waals surface area contributed by atoms with Crippen molar-refractivity contribution in [2.45, 2.75) is 25.8 Å². The summed E-state index contributed by atoms with van der Waals surface area (Å²) in [6.07, 6.45) is 0.249. The van der Waals surface area contributed by atoms with Crippen molar-refractivity contribution in [1.82, 2.24) is 5.32 Å². The van der Waals surface area contributed by atoms with Gasteiger partial charge in [-0.3, -0.25) is 4.79 Å². The summed E-state index contributed by atoms with van der Waals surface area (Å²) < 4.78 is 18.3. The van der Waals surface area contributed by atoms with E-state index in [9.17, 15) is 14.0 Å². The van der Waals surface area contributed by atoms with Crippen molar-refractivity contribution in [3.05, 3.63) is 65.5 Å². The summed E-state index contributed by atoms with van der Waals surface area (Å²) in [6.45, 7) is 1.76. The predicted molar refractivity (Wildman–Crippen MR) is 90.9 cm³/mol. The van der Waals surface area contributed by atoms with Gasteiger partial charge in [0.1, 0.15) is 11.6 Å². The Hall–Kier alpha value is -2.89. The summed E-state index contributed by atoms with van der Waals surface area (Å²) in [5.74, 6) is -1.18. The van der Waals surface area contributed by atoms with E-state index in [1.165, 1.54) is 12.1 Å². The predicted octanol–water partition coefficient (Wildman–Crippen LogP) is 3.10. The normalized spacial score (nSPS) is 11.6. The molecule has 0 fully saturated rings. The summed E-state index contributed by atoms with van der Waals surface area (Å²) in [7, 11) is 0. The maximum absolute atomic E-state index is 13.2. The lowest BCUT2D eigenvalue weighted by Crippen LogP contribution is -2.24. The van der Waals surface area contributed by atoms with E-state index in [1.54, 1.807) is 30.3 Å². The zero-order chi connectivity index (χ0) is 18.2. The molecule has 0 saturated carbocycles. The van der Waals surface area contributed by atoms with Crippen LogP contribution >= 0.6 is 0 Å². The molecule has 25 heavy (non-hydrogen) atoms. The summed E-state index contributed by atoms with van der Waals surface area (Å²) in [5, 5.41) is 11.4. The van der Waals surface area contributed by atoms with Gasteiger partial charge in [0.2, 0.25) is 5.91 Å². The number of ether oxygens (including phenoxy) is 1. The fourth-order valence-electron chi connectivity index (χ4n) is 2.37. The molecule has 0 saturated heterocycles. The third kappa shape index (κ3) is 6.25. The Morgan fingerprint density at radius 2 is 1.96 bits per heavy atom. The number of carboxylic acids is 1. The van der Waals surface area contributed by atoms with E-state index >= 15 is 0 Å². The van der Waals surface area contributed by atoms with Crippen LogP contribution in [0.25, 0.3) is 0 Å². The topological polar surface area (TPSA) is 75.6 Å². The maximum atomic E-state index is 13.2. The molecule has 132 valence electrons. The minimum absolute atomic E-state index is 0.0964. The minimum atomic E-state index is -1.05. The van der Waals surface area contributed by atoms with Crippen LogP contribution in [0.2, 0.25) is 0 Å². The highest BCUT2D eigenvalue weighted by molar-refractivity contribution is 5.76. The minimum Gasteiger partial charge on any atom is -0.482 e. The van der Waals surface area contributed by atoms with Gasteiger partial charge >= 0.3 is 5.97 Å². The smallest absolute Gasteiger partial charge is 0.341 e. The monoisotopic (exact) mass is 345 g/mol. The van der Waals surface area contributed by atoms with Crippen molar-refractivity contribution in [2.75, 3.05) is 6.61 Å². The molecule has 1 amide bonds. The van der Waals surface area contributed by atoms with Gasteiger partial charge in [0, 0.05) is 13.0 Å². The van der Waals surface area contributed by atoms with E-state index in [1.807, 2.05) is 13.0 Å². The number of carboxylic acid groups (broad SMARTS) is 1. The Labute approximate surface area is 145 Å². The lowest BCUT2D eigenvalue weighted by Gasteiger charge is -2.12. The van der Waals surface area contributed by atoms with Crippen LogP contribution in [-0.2, 0) is 16.1 Å². The Balaban J connectivity index is 1.85. The Morgan fingerprint density at radius 3 is 2.68 bits per heavy atom. The molecule has 0 aromatic heterocycles. The number of hydrogen-bond acceptors (Lipinski definition) is 3. The number of rotatable bonds is 8. The number of carbonyl (C=O) groups is 2. The first-order chi connectivity index (χ1) is 11.9. The molecule has 0 aliphatic rings. The number of benzene rings is 2. The second-order valence-corrected chi connectivity index (χ2v) is 5.77. The standard InChI is InChI=1S/C19H20FNO4/c1-13(15-5-3-6-16(20)10-15)8-18(22)21-11-14-4-2-7-17(9-14)25-12-19(23)24/h2-7,9-10,13H,8,11-12H2,1H3,(H,21,22)(H,23,24). The number of carbonyl (C=O) groups excluding carboxylic acids is 1. The SMILES string of the molecule is CC(CC(=O)NCc1cccc(OCC(=O)O)c1)c1cccc(F)c1. The van der Waals surface area contributed by atoms with E-state index < -0.39 is 12.6 Å². The van der Waals surface area contributed by atoms with E-state index in [0.29, 0.717) is 12.3 Å². The van der Waals surface area contributed by atoms with Crippen LogP contribution in [0.15, 0.2) is 48.5 Å². The molecule has 0 aliphatic heterocycles. The second-order valence-electron chi connectivity index (χ2n) is 5.77. The molecular formula is C19H20FNO4. The van der Waals surface area contributed by atoms with Gasteiger partial charge in [-0.1, -0.05) is 31.2 Å². The van der Waals surface area contributed by atoms with Crippen molar-refractivity contribution in [1.29, 1.82) is 0 Å². The van der Waals surface area contributed by atoms with Gasteiger partial charge < -0.3 is 15.2 Å². The fraction of sp³-hybridized carbons (Fsp3) is 0.263. The first-order valence-electron chi connectivity index (χ1n) is 7.89. The highest BCUT2D eigenvalue weighted by Crippen LogP contribution is 2.20. The number of amides is 1. The zero-order valence-corrected chi connectivity index (χ0v) is 13.9. The molecule has 2 N–H and O–H groups in total. The molecule has 0 spiro atoms. The second kappa shape index (κ2) is 8.82. The van der Waals surface area contributed by atoms with Crippen LogP contribution in [0, 0.1) is 5.82 Å².